The third kappa shape index (κ3) is 2.09. The Labute approximate surface area is 146 Å². The minimum Gasteiger partial charge on any atom is -0.298 e. The lowest BCUT2D eigenvalue weighted by atomic mass is 9.61. The maximum absolute atomic E-state index is 9.90. The average Bonchev–Trinajstić information content (AvgIpc) is 3.00. The largest absolute Gasteiger partial charge is 0.298 e. The Kier molecular flexibility index (Phi) is 3.96. The molecule has 1 aliphatic heterocycles. The number of nitriles is 4. The lowest BCUT2D eigenvalue weighted by molar-refractivity contribution is 0.311. The predicted molar refractivity (Wildman–Crippen MR) is 88.8 cm³/mol. The molecule has 0 bridgehead atoms. The molecule has 118 valence electrons. The Morgan fingerprint density at radius 3 is 1.20 bits per heavy atom. The van der Waals surface area contributed by atoms with Crippen LogP contribution in [0.2, 0.25) is 0 Å². The second kappa shape index (κ2) is 6.10. The highest BCUT2D eigenvalue weighted by molar-refractivity contribution is 5.49. The molecule has 0 amide bonds. The standard InChI is InChI=1S/C20H13N5/c21-11-19(12-22)17(15-7-3-1-4-8-15)25-18(20(19,13-23)14-24)16-9-5-2-6-10-16/h1-10,17-18,25H/t17-,18+. The topological polar surface area (TPSA) is 107 Å². The van der Waals surface area contributed by atoms with Gasteiger partial charge in [0.15, 0.2) is 10.8 Å². The lowest BCUT2D eigenvalue weighted by Gasteiger charge is -2.29. The Balaban J connectivity index is 2.28. The molecule has 2 aromatic carbocycles. The van der Waals surface area contributed by atoms with Crippen LogP contribution in [0.3, 0.4) is 0 Å². The van der Waals surface area contributed by atoms with E-state index in [2.05, 4.69) is 5.32 Å². The molecule has 1 heterocycles. The summed E-state index contributed by atoms with van der Waals surface area (Å²) < 4.78 is 0. The molecule has 0 spiro atoms. The van der Waals surface area contributed by atoms with E-state index in [1.807, 2.05) is 36.4 Å². The molecule has 2 atom stereocenters. The van der Waals surface area contributed by atoms with E-state index in [1.54, 1.807) is 48.5 Å². The van der Waals surface area contributed by atoms with Crippen molar-refractivity contribution in [1.82, 2.24) is 5.32 Å². The lowest BCUT2D eigenvalue weighted by Crippen LogP contribution is -2.39. The van der Waals surface area contributed by atoms with Crippen LogP contribution in [0.25, 0.3) is 0 Å². The third-order valence-corrected chi connectivity index (χ3v) is 4.79. The highest BCUT2D eigenvalue weighted by Gasteiger charge is 2.69. The van der Waals surface area contributed by atoms with Crippen molar-refractivity contribution < 1.29 is 0 Å². The first-order valence-corrected chi connectivity index (χ1v) is 7.70. The Morgan fingerprint density at radius 1 is 0.600 bits per heavy atom. The van der Waals surface area contributed by atoms with Gasteiger partial charge in [0.2, 0.25) is 0 Å². The second-order valence-corrected chi connectivity index (χ2v) is 5.92. The van der Waals surface area contributed by atoms with E-state index >= 15 is 0 Å². The number of hydrogen-bond acceptors (Lipinski definition) is 5. The average molecular weight is 323 g/mol. The number of nitrogens with zero attached hydrogens (tertiary/aromatic N) is 4. The van der Waals surface area contributed by atoms with Crippen LogP contribution in [-0.4, -0.2) is 0 Å². The van der Waals surface area contributed by atoms with Gasteiger partial charge in [0, 0.05) is 0 Å². The molecule has 0 saturated carbocycles. The molecule has 1 fully saturated rings. The third-order valence-electron chi connectivity index (χ3n) is 4.79. The molecule has 25 heavy (non-hydrogen) atoms. The first kappa shape index (κ1) is 16.2. The van der Waals surface area contributed by atoms with Crippen molar-refractivity contribution in [2.75, 3.05) is 0 Å². The van der Waals surface area contributed by atoms with Crippen LogP contribution in [-0.2, 0) is 0 Å². The predicted octanol–water partition coefficient (Wildman–Crippen LogP) is 3.14. The van der Waals surface area contributed by atoms with Crippen molar-refractivity contribution in [3.63, 3.8) is 0 Å². The maximum atomic E-state index is 9.90. The zero-order chi connectivity index (χ0) is 17.9. The molecular formula is C20H13N5. The zero-order valence-electron chi connectivity index (χ0n) is 13.2. The summed E-state index contributed by atoms with van der Waals surface area (Å²) in [6.07, 6.45) is 0. The van der Waals surface area contributed by atoms with Gasteiger partial charge in [0.05, 0.1) is 36.4 Å². The van der Waals surface area contributed by atoms with Crippen LogP contribution in [0.15, 0.2) is 60.7 Å². The van der Waals surface area contributed by atoms with E-state index in [9.17, 15) is 21.0 Å². The van der Waals surface area contributed by atoms with Gasteiger partial charge in [-0.05, 0) is 11.1 Å². The molecule has 0 unspecified atom stereocenters. The van der Waals surface area contributed by atoms with Crippen molar-refractivity contribution in [3.8, 4) is 24.3 Å². The molecule has 1 saturated heterocycles. The number of benzene rings is 2. The molecule has 5 nitrogen and oxygen atoms in total. The summed E-state index contributed by atoms with van der Waals surface area (Å²) in [7, 11) is 0. The molecule has 3 rings (SSSR count). The van der Waals surface area contributed by atoms with E-state index in [0.29, 0.717) is 11.1 Å². The first-order valence-electron chi connectivity index (χ1n) is 7.70. The minimum atomic E-state index is -1.83. The summed E-state index contributed by atoms with van der Waals surface area (Å²) >= 11 is 0. The monoisotopic (exact) mass is 323 g/mol. The Morgan fingerprint density at radius 2 is 0.920 bits per heavy atom. The second-order valence-electron chi connectivity index (χ2n) is 5.92. The van der Waals surface area contributed by atoms with Gasteiger partial charge in [-0.3, -0.25) is 5.32 Å². The number of nitrogens with one attached hydrogen (secondary N) is 1. The fourth-order valence-electron chi connectivity index (χ4n) is 3.52. The van der Waals surface area contributed by atoms with E-state index in [-0.39, 0.29) is 0 Å². The molecule has 0 aromatic heterocycles. The SMILES string of the molecule is N#CC1(C#N)[C@@H](c2ccccc2)N[C@@H](c2ccccc2)C1(C#N)C#N. The van der Waals surface area contributed by atoms with E-state index < -0.39 is 22.9 Å². The molecular weight excluding hydrogens is 310 g/mol. The van der Waals surface area contributed by atoms with Gasteiger partial charge in [0.1, 0.15) is 0 Å². The van der Waals surface area contributed by atoms with Crippen LogP contribution >= 0.6 is 0 Å². The number of rotatable bonds is 2. The van der Waals surface area contributed by atoms with Gasteiger partial charge < -0.3 is 0 Å². The van der Waals surface area contributed by atoms with Crippen LogP contribution < -0.4 is 5.32 Å². The van der Waals surface area contributed by atoms with E-state index in [4.69, 9.17) is 0 Å². The Bertz CT molecular complexity index is 831. The molecule has 1 N–H and O–H groups in total. The van der Waals surface area contributed by atoms with Crippen molar-refractivity contribution in [2.24, 2.45) is 10.8 Å². The Hall–Kier alpha value is -3.64. The van der Waals surface area contributed by atoms with Crippen molar-refractivity contribution in [1.29, 1.82) is 21.0 Å². The van der Waals surface area contributed by atoms with E-state index in [1.165, 1.54) is 0 Å². The molecule has 0 aliphatic carbocycles. The molecule has 2 aromatic rings. The van der Waals surface area contributed by atoms with Gasteiger partial charge in [-0.25, -0.2) is 0 Å². The first-order chi connectivity index (χ1) is 12.2. The van der Waals surface area contributed by atoms with E-state index in [0.717, 1.165) is 0 Å². The summed E-state index contributed by atoms with van der Waals surface area (Å²) in [5.74, 6) is 0. The maximum Gasteiger partial charge on any atom is 0.196 e. The minimum absolute atomic E-state index is 0.693. The van der Waals surface area contributed by atoms with Crippen molar-refractivity contribution in [2.45, 2.75) is 12.1 Å². The summed E-state index contributed by atoms with van der Waals surface area (Å²) in [6.45, 7) is 0. The summed E-state index contributed by atoms with van der Waals surface area (Å²) in [6, 6.07) is 24.5. The summed E-state index contributed by atoms with van der Waals surface area (Å²) in [4.78, 5) is 0. The van der Waals surface area contributed by atoms with Gasteiger partial charge in [0.25, 0.3) is 0 Å². The molecule has 5 heteroatoms. The molecule has 1 aliphatic rings. The fourth-order valence-corrected chi connectivity index (χ4v) is 3.52. The van der Waals surface area contributed by atoms with Gasteiger partial charge in [-0.15, -0.1) is 0 Å². The van der Waals surface area contributed by atoms with Gasteiger partial charge in [-0.2, -0.15) is 21.0 Å². The number of hydrogen-bond donors (Lipinski definition) is 1. The highest BCUT2D eigenvalue weighted by Crippen LogP contribution is 2.59. The van der Waals surface area contributed by atoms with Crippen molar-refractivity contribution >= 4 is 0 Å². The van der Waals surface area contributed by atoms with Crippen LogP contribution in [0.1, 0.15) is 23.2 Å². The fraction of sp³-hybridized carbons (Fsp3) is 0.200. The summed E-state index contributed by atoms with van der Waals surface area (Å²) in [5.41, 5.74) is -2.28. The van der Waals surface area contributed by atoms with Crippen LogP contribution in [0, 0.1) is 56.2 Å². The molecule has 0 radical (unpaired) electrons. The van der Waals surface area contributed by atoms with Crippen LogP contribution in [0.5, 0.6) is 0 Å². The van der Waals surface area contributed by atoms with Crippen molar-refractivity contribution in [3.05, 3.63) is 71.8 Å². The summed E-state index contributed by atoms with van der Waals surface area (Å²) in [5, 5.41) is 42.8. The van der Waals surface area contributed by atoms with Gasteiger partial charge in [-0.1, -0.05) is 60.7 Å². The smallest absolute Gasteiger partial charge is 0.196 e. The normalized spacial score (nSPS) is 22.7. The highest BCUT2D eigenvalue weighted by atomic mass is 15.1. The quantitative estimate of drug-likeness (QED) is 0.913. The van der Waals surface area contributed by atoms with Gasteiger partial charge >= 0.3 is 0 Å². The van der Waals surface area contributed by atoms with Crippen LogP contribution in [0.4, 0.5) is 0 Å². The zero-order valence-corrected chi connectivity index (χ0v) is 13.2.